The summed E-state index contributed by atoms with van der Waals surface area (Å²) in [5.74, 6) is -0.809. The number of benzene rings is 1. The third-order valence-corrected chi connectivity index (χ3v) is 2.80. The predicted octanol–water partition coefficient (Wildman–Crippen LogP) is 0.884. The molecule has 3 N–H and O–H groups in total. The number of hydrogen-bond acceptors (Lipinski definition) is 3. The Morgan fingerprint density at radius 1 is 1.35 bits per heavy atom. The topological polar surface area (TPSA) is 82.2 Å². The fourth-order valence-electron chi connectivity index (χ4n) is 1.72. The third kappa shape index (κ3) is 2.83. The lowest BCUT2D eigenvalue weighted by molar-refractivity contribution is -0.00270. The van der Waals surface area contributed by atoms with Crippen molar-refractivity contribution in [2.75, 3.05) is 6.54 Å². The van der Waals surface area contributed by atoms with E-state index in [4.69, 9.17) is 5.11 Å². The molecule has 0 radical (unpaired) electrons. The molecule has 1 atom stereocenters. The van der Waals surface area contributed by atoms with Crippen LogP contribution in [0.25, 0.3) is 10.9 Å². The van der Waals surface area contributed by atoms with Crippen molar-refractivity contribution in [3.8, 4) is 0 Å². The molecule has 0 fully saturated rings. The number of nitrogens with one attached hydrogen (secondary N) is 2. The number of amides is 1. The summed E-state index contributed by atoms with van der Waals surface area (Å²) < 4.78 is 24.2. The zero-order valence-electron chi connectivity index (χ0n) is 10.3. The fourth-order valence-corrected chi connectivity index (χ4v) is 1.72. The van der Waals surface area contributed by atoms with Crippen molar-refractivity contribution in [3.05, 3.63) is 46.2 Å². The van der Waals surface area contributed by atoms with Gasteiger partial charge >= 0.3 is 0 Å². The monoisotopic (exact) mass is 282 g/mol. The smallest absolute Gasteiger partial charge is 0.265 e. The molecular formula is C13H12F2N2O3. The van der Waals surface area contributed by atoms with E-state index in [2.05, 4.69) is 10.3 Å². The number of aromatic amines is 1. The van der Waals surface area contributed by atoms with Crippen LogP contribution in [-0.2, 0) is 0 Å². The summed E-state index contributed by atoms with van der Waals surface area (Å²) in [6, 6.07) is 6.62. The molecule has 0 saturated heterocycles. The Morgan fingerprint density at radius 3 is 2.75 bits per heavy atom. The predicted molar refractivity (Wildman–Crippen MR) is 68.9 cm³/mol. The molecule has 5 nitrogen and oxygen atoms in total. The SMILES string of the molecule is O=C(NCC(O)C(F)F)c1c[nH]c2ccccc2c1=O. The number of carbonyl (C=O) groups is 1. The molecule has 0 spiro atoms. The van der Waals surface area contributed by atoms with Crippen molar-refractivity contribution < 1.29 is 18.7 Å². The van der Waals surface area contributed by atoms with Gasteiger partial charge in [-0.3, -0.25) is 9.59 Å². The van der Waals surface area contributed by atoms with E-state index in [1.807, 2.05) is 0 Å². The van der Waals surface area contributed by atoms with E-state index in [9.17, 15) is 18.4 Å². The summed E-state index contributed by atoms with van der Waals surface area (Å²) in [4.78, 5) is 26.6. The Bertz CT molecular complexity index is 685. The summed E-state index contributed by atoms with van der Waals surface area (Å²) in [7, 11) is 0. The molecule has 1 amide bonds. The minimum Gasteiger partial charge on any atom is -0.385 e. The number of halogens is 2. The number of fused-ring (bicyclic) bond motifs is 1. The highest BCUT2D eigenvalue weighted by molar-refractivity contribution is 5.97. The molecule has 2 rings (SSSR count). The number of para-hydroxylation sites is 1. The molecule has 1 unspecified atom stereocenters. The molecule has 0 aliphatic carbocycles. The van der Waals surface area contributed by atoms with Crippen LogP contribution in [0, 0.1) is 0 Å². The maximum absolute atomic E-state index is 12.1. The third-order valence-electron chi connectivity index (χ3n) is 2.80. The highest BCUT2D eigenvalue weighted by atomic mass is 19.3. The van der Waals surface area contributed by atoms with Crippen molar-refractivity contribution in [2.24, 2.45) is 0 Å². The lowest BCUT2D eigenvalue weighted by Gasteiger charge is -2.10. The first-order chi connectivity index (χ1) is 9.50. The molecule has 0 aliphatic rings. The van der Waals surface area contributed by atoms with Gasteiger partial charge in [-0.2, -0.15) is 0 Å². The van der Waals surface area contributed by atoms with Crippen LogP contribution >= 0.6 is 0 Å². The molecule has 1 aromatic heterocycles. The van der Waals surface area contributed by atoms with Crippen molar-refractivity contribution in [2.45, 2.75) is 12.5 Å². The standard InChI is InChI=1S/C13H12F2N2O3/c14-12(15)10(18)6-17-13(20)8-5-16-9-4-2-1-3-7(9)11(8)19/h1-5,10,12,18H,6H2,(H,16,19)(H,17,20). The van der Waals surface area contributed by atoms with E-state index in [0.717, 1.165) is 0 Å². The van der Waals surface area contributed by atoms with Crippen molar-refractivity contribution >= 4 is 16.8 Å². The van der Waals surface area contributed by atoms with Crippen LogP contribution in [0.15, 0.2) is 35.3 Å². The van der Waals surface area contributed by atoms with Gasteiger partial charge < -0.3 is 15.4 Å². The lowest BCUT2D eigenvalue weighted by atomic mass is 10.1. The van der Waals surface area contributed by atoms with Gasteiger partial charge in [0.15, 0.2) is 0 Å². The number of carbonyl (C=O) groups excluding carboxylic acids is 1. The molecule has 106 valence electrons. The maximum Gasteiger partial charge on any atom is 0.265 e. The van der Waals surface area contributed by atoms with Crippen molar-refractivity contribution in [1.82, 2.24) is 10.3 Å². The Balaban J connectivity index is 2.23. The van der Waals surface area contributed by atoms with E-state index in [0.29, 0.717) is 10.9 Å². The quantitative estimate of drug-likeness (QED) is 0.778. The van der Waals surface area contributed by atoms with E-state index >= 15 is 0 Å². The summed E-state index contributed by atoms with van der Waals surface area (Å²) in [6.45, 7) is -0.622. The van der Waals surface area contributed by atoms with Gasteiger partial charge in [-0.05, 0) is 12.1 Å². The molecule has 0 bridgehead atoms. The Kier molecular flexibility index (Phi) is 4.09. The van der Waals surface area contributed by atoms with E-state index < -0.39 is 30.4 Å². The van der Waals surface area contributed by atoms with Crippen LogP contribution < -0.4 is 10.7 Å². The number of hydrogen-bond donors (Lipinski definition) is 3. The first kappa shape index (κ1) is 14.1. The number of H-pyrrole nitrogens is 1. The minimum absolute atomic E-state index is 0.190. The molecule has 20 heavy (non-hydrogen) atoms. The normalized spacial score (nSPS) is 12.6. The van der Waals surface area contributed by atoms with Gasteiger partial charge in [-0.1, -0.05) is 12.1 Å². The molecule has 1 heterocycles. The summed E-state index contributed by atoms with van der Waals surface area (Å²) in [5.41, 5.74) is -0.116. The van der Waals surface area contributed by atoms with Gasteiger partial charge in [0.25, 0.3) is 12.3 Å². The van der Waals surface area contributed by atoms with E-state index in [1.54, 1.807) is 24.3 Å². The van der Waals surface area contributed by atoms with Crippen LogP contribution in [0.4, 0.5) is 8.78 Å². The summed E-state index contributed by atoms with van der Waals surface area (Å²) >= 11 is 0. The van der Waals surface area contributed by atoms with E-state index in [-0.39, 0.29) is 5.56 Å². The Labute approximate surface area is 112 Å². The van der Waals surface area contributed by atoms with Crippen LogP contribution in [0.3, 0.4) is 0 Å². The highest BCUT2D eigenvalue weighted by Gasteiger charge is 2.19. The Hall–Kier alpha value is -2.28. The maximum atomic E-state index is 12.1. The second-order valence-electron chi connectivity index (χ2n) is 4.19. The molecular weight excluding hydrogens is 270 g/mol. The zero-order chi connectivity index (χ0) is 14.7. The van der Waals surface area contributed by atoms with Gasteiger partial charge in [0.2, 0.25) is 5.43 Å². The number of aliphatic hydroxyl groups is 1. The van der Waals surface area contributed by atoms with Gasteiger partial charge in [-0.15, -0.1) is 0 Å². The highest BCUT2D eigenvalue weighted by Crippen LogP contribution is 2.07. The van der Waals surface area contributed by atoms with Crippen molar-refractivity contribution in [3.63, 3.8) is 0 Å². The Morgan fingerprint density at radius 2 is 2.05 bits per heavy atom. The average Bonchev–Trinajstić information content (AvgIpc) is 2.45. The molecule has 7 heteroatoms. The number of aliphatic hydroxyl groups excluding tert-OH is 1. The van der Waals surface area contributed by atoms with Crippen LogP contribution in [0.5, 0.6) is 0 Å². The number of rotatable bonds is 4. The van der Waals surface area contributed by atoms with Gasteiger partial charge in [0, 0.05) is 23.6 Å². The van der Waals surface area contributed by atoms with Gasteiger partial charge in [-0.25, -0.2) is 8.78 Å². The number of aromatic nitrogens is 1. The first-order valence-electron chi connectivity index (χ1n) is 5.85. The second-order valence-corrected chi connectivity index (χ2v) is 4.19. The first-order valence-corrected chi connectivity index (χ1v) is 5.85. The largest absolute Gasteiger partial charge is 0.385 e. The summed E-state index contributed by atoms with van der Waals surface area (Å²) in [6.07, 6.45) is -3.70. The molecule has 0 saturated carbocycles. The molecule has 1 aromatic carbocycles. The molecule has 0 aliphatic heterocycles. The van der Waals surface area contributed by atoms with Crippen LogP contribution in [0.1, 0.15) is 10.4 Å². The van der Waals surface area contributed by atoms with Gasteiger partial charge in [0.1, 0.15) is 11.7 Å². The fraction of sp³-hybridized carbons (Fsp3) is 0.231. The summed E-state index contributed by atoms with van der Waals surface area (Å²) in [5, 5.41) is 11.3. The minimum atomic E-state index is -2.95. The average molecular weight is 282 g/mol. The number of pyridine rings is 1. The zero-order valence-corrected chi connectivity index (χ0v) is 10.3. The van der Waals surface area contributed by atoms with Crippen LogP contribution in [-0.4, -0.2) is 35.1 Å². The second kappa shape index (κ2) is 5.79. The van der Waals surface area contributed by atoms with Gasteiger partial charge in [0.05, 0.1) is 0 Å². The molecule has 2 aromatic rings. The van der Waals surface area contributed by atoms with Crippen molar-refractivity contribution in [1.29, 1.82) is 0 Å². The van der Waals surface area contributed by atoms with Crippen LogP contribution in [0.2, 0.25) is 0 Å². The number of alkyl halides is 2. The lowest BCUT2D eigenvalue weighted by Crippen LogP contribution is -2.37. The van der Waals surface area contributed by atoms with E-state index in [1.165, 1.54) is 6.20 Å².